The number of aromatic nitrogens is 3. The Balaban J connectivity index is 2.22. The van der Waals surface area contributed by atoms with Crippen molar-refractivity contribution in [1.29, 1.82) is 0 Å². The minimum absolute atomic E-state index is 0.0611. The summed E-state index contributed by atoms with van der Waals surface area (Å²) in [6.07, 6.45) is 0. The zero-order chi connectivity index (χ0) is 17.1. The fraction of sp³-hybridized carbons (Fsp3) is 0.400. The van der Waals surface area contributed by atoms with Gasteiger partial charge in [-0.05, 0) is 25.6 Å². The third-order valence-corrected chi connectivity index (χ3v) is 4.40. The minimum atomic E-state index is -0.0611. The minimum Gasteiger partial charge on any atom is -0.368 e. The van der Waals surface area contributed by atoms with Gasteiger partial charge in [0, 0.05) is 20.6 Å². The van der Waals surface area contributed by atoms with Crippen molar-refractivity contribution in [3.05, 3.63) is 39.6 Å². The maximum Gasteiger partial charge on any atom is 0.229 e. The molecule has 1 unspecified atom stereocenters. The summed E-state index contributed by atoms with van der Waals surface area (Å²) < 4.78 is 0. The standard InChI is InChI=1S/C15H20Cl2N6/c1-9(13-19-14(18)21-15(20-13)22(2)3)23(4)8-10-6-5-7-11(16)12(10)17/h5-7,9H,8H2,1-4H3,(H2,18,19,20,21). The average molecular weight is 355 g/mol. The molecule has 0 aliphatic carbocycles. The van der Waals surface area contributed by atoms with Crippen LogP contribution in [-0.4, -0.2) is 41.0 Å². The van der Waals surface area contributed by atoms with Gasteiger partial charge < -0.3 is 10.6 Å². The van der Waals surface area contributed by atoms with Crippen LogP contribution in [0.2, 0.25) is 10.0 Å². The van der Waals surface area contributed by atoms with Gasteiger partial charge >= 0.3 is 0 Å². The van der Waals surface area contributed by atoms with Crippen molar-refractivity contribution < 1.29 is 0 Å². The molecule has 0 aliphatic rings. The summed E-state index contributed by atoms with van der Waals surface area (Å²) in [5.74, 6) is 1.36. The third-order valence-electron chi connectivity index (χ3n) is 3.54. The average Bonchev–Trinajstić information content (AvgIpc) is 2.50. The lowest BCUT2D eigenvalue weighted by atomic mass is 10.2. The fourth-order valence-electron chi connectivity index (χ4n) is 2.06. The van der Waals surface area contributed by atoms with Crippen LogP contribution in [0.3, 0.4) is 0 Å². The van der Waals surface area contributed by atoms with Gasteiger partial charge in [-0.3, -0.25) is 4.90 Å². The Hall–Kier alpha value is -1.63. The van der Waals surface area contributed by atoms with Gasteiger partial charge in [-0.2, -0.15) is 15.0 Å². The second-order valence-electron chi connectivity index (χ2n) is 5.55. The van der Waals surface area contributed by atoms with Gasteiger partial charge in [-0.1, -0.05) is 35.3 Å². The molecule has 1 heterocycles. The van der Waals surface area contributed by atoms with Gasteiger partial charge in [0.05, 0.1) is 16.1 Å². The monoisotopic (exact) mass is 354 g/mol. The zero-order valence-corrected chi connectivity index (χ0v) is 15.1. The first kappa shape index (κ1) is 17.7. The maximum absolute atomic E-state index is 6.25. The van der Waals surface area contributed by atoms with Gasteiger partial charge in [0.25, 0.3) is 0 Å². The molecule has 0 fully saturated rings. The van der Waals surface area contributed by atoms with E-state index in [1.807, 2.05) is 40.2 Å². The zero-order valence-electron chi connectivity index (χ0n) is 13.6. The van der Waals surface area contributed by atoms with E-state index in [2.05, 4.69) is 19.9 Å². The molecule has 0 saturated heterocycles. The predicted molar refractivity (Wildman–Crippen MR) is 94.9 cm³/mol. The lowest BCUT2D eigenvalue weighted by molar-refractivity contribution is 0.243. The van der Waals surface area contributed by atoms with E-state index in [1.165, 1.54) is 0 Å². The van der Waals surface area contributed by atoms with Crippen molar-refractivity contribution in [3.8, 4) is 0 Å². The molecule has 23 heavy (non-hydrogen) atoms. The second-order valence-corrected chi connectivity index (χ2v) is 6.34. The molecule has 0 saturated carbocycles. The number of nitrogens with two attached hydrogens (primary N) is 1. The Labute approximate surface area is 146 Å². The second kappa shape index (κ2) is 7.29. The van der Waals surface area contributed by atoms with Crippen LogP contribution in [0.25, 0.3) is 0 Å². The van der Waals surface area contributed by atoms with Crippen molar-refractivity contribution in [1.82, 2.24) is 19.9 Å². The van der Waals surface area contributed by atoms with Crippen LogP contribution in [0, 0.1) is 0 Å². The smallest absolute Gasteiger partial charge is 0.229 e. The molecular formula is C15H20Cl2N6. The molecule has 2 N–H and O–H groups in total. The van der Waals surface area contributed by atoms with Crippen molar-refractivity contribution >= 4 is 35.1 Å². The fourth-order valence-corrected chi connectivity index (χ4v) is 2.44. The number of rotatable bonds is 5. The number of benzene rings is 1. The first-order chi connectivity index (χ1) is 10.8. The summed E-state index contributed by atoms with van der Waals surface area (Å²) in [6.45, 7) is 2.62. The Bertz CT molecular complexity index is 692. The summed E-state index contributed by atoms with van der Waals surface area (Å²) in [4.78, 5) is 16.7. The van der Waals surface area contributed by atoms with E-state index in [-0.39, 0.29) is 12.0 Å². The molecule has 1 aromatic carbocycles. The van der Waals surface area contributed by atoms with Gasteiger partial charge in [0.15, 0.2) is 5.82 Å². The van der Waals surface area contributed by atoms with Crippen molar-refractivity contribution in [2.24, 2.45) is 0 Å². The van der Waals surface area contributed by atoms with Crippen LogP contribution in [0.5, 0.6) is 0 Å². The molecule has 0 aliphatic heterocycles. The maximum atomic E-state index is 6.25. The van der Waals surface area contributed by atoms with E-state index in [9.17, 15) is 0 Å². The van der Waals surface area contributed by atoms with Crippen LogP contribution in [0.4, 0.5) is 11.9 Å². The summed E-state index contributed by atoms with van der Waals surface area (Å²) >= 11 is 12.3. The van der Waals surface area contributed by atoms with Gasteiger partial charge in [0.1, 0.15) is 0 Å². The highest BCUT2D eigenvalue weighted by Crippen LogP contribution is 2.28. The molecule has 1 aromatic heterocycles. The van der Waals surface area contributed by atoms with E-state index in [1.54, 1.807) is 11.0 Å². The Morgan fingerprint density at radius 1 is 1.13 bits per heavy atom. The summed E-state index contributed by atoms with van der Waals surface area (Å²) in [5.41, 5.74) is 6.73. The topological polar surface area (TPSA) is 71.2 Å². The quantitative estimate of drug-likeness (QED) is 0.889. The molecule has 0 amide bonds. The predicted octanol–water partition coefficient (Wildman–Crippen LogP) is 3.02. The van der Waals surface area contributed by atoms with E-state index in [4.69, 9.17) is 28.9 Å². The van der Waals surface area contributed by atoms with E-state index < -0.39 is 0 Å². The Morgan fingerprint density at radius 2 is 1.83 bits per heavy atom. The highest BCUT2D eigenvalue weighted by Gasteiger charge is 2.18. The molecule has 2 aromatic rings. The van der Waals surface area contributed by atoms with Gasteiger partial charge in [-0.25, -0.2) is 0 Å². The molecule has 6 nitrogen and oxygen atoms in total. The SMILES string of the molecule is CC(c1nc(N)nc(N(C)C)n1)N(C)Cc1cccc(Cl)c1Cl. The number of hydrogen-bond donors (Lipinski definition) is 1. The molecule has 0 radical (unpaired) electrons. The molecule has 0 spiro atoms. The number of anilines is 2. The first-order valence-electron chi connectivity index (χ1n) is 7.11. The molecule has 2 rings (SSSR count). The number of nitrogens with zero attached hydrogens (tertiary/aromatic N) is 5. The molecule has 8 heteroatoms. The molecule has 1 atom stereocenters. The van der Waals surface area contributed by atoms with Crippen LogP contribution in [0.15, 0.2) is 18.2 Å². The van der Waals surface area contributed by atoms with Crippen LogP contribution >= 0.6 is 23.2 Å². The Morgan fingerprint density at radius 3 is 2.48 bits per heavy atom. The largest absolute Gasteiger partial charge is 0.368 e. The summed E-state index contributed by atoms with van der Waals surface area (Å²) in [5, 5.41) is 1.11. The van der Waals surface area contributed by atoms with Crippen LogP contribution in [-0.2, 0) is 6.54 Å². The van der Waals surface area contributed by atoms with Gasteiger partial charge in [-0.15, -0.1) is 0 Å². The molecular weight excluding hydrogens is 335 g/mol. The third kappa shape index (κ3) is 4.22. The number of halogens is 2. The van der Waals surface area contributed by atoms with Gasteiger partial charge in [0.2, 0.25) is 11.9 Å². The first-order valence-corrected chi connectivity index (χ1v) is 7.87. The van der Waals surface area contributed by atoms with E-state index >= 15 is 0 Å². The lowest BCUT2D eigenvalue weighted by Gasteiger charge is -2.25. The Kier molecular flexibility index (Phi) is 5.62. The van der Waals surface area contributed by atoms with Crippen molar-refractivity contribution in [2.45, 2.75) is 19.5 Å². The van der Waals surface area contributed by atoms with E-state index in [0.717, 1.165) is 5.56 Å². The number of nitrogen functional groups attached to an aromatic ring is 1. The summed E-state index contributed by atoms with van der Waals surface area (Å²) in [6, 6.07) is 5.54. The lowest BCUT2D eigenvalue weighted by Crippen LogP contribution is -2.25. The molecule has 0 bridgehead atoms. The van der Waals surface area contributed by atoms with Crippen molar-refractivity contribution in [2.75, 3.05) is 31.8 Å². The van der Waals surface area contributed by atoms with E-state index in [0.29, 0.717) is 28.4 Å². The highest BCUT2D eigenvalue weighted by atomic mass is 35.5. The number of hydrogen-bond acceptors (Lipinski definition) is 6. The molecule has 124 valence electrons. The van der Waals surface area contributed by atoms with Crippen LogP contribution in [0.1, 0.15) is 24.4 Å². The van der Waals surface area contributed by atoms with Crippen molar-refractivity contribution in [3.63, 3.8) is 0 Å². The summed E-state index contributed by atoms with van der Waals surface area (Å²) in [7, 11) is 5.69. The highest BCUT2D eigenvalue weighted by molar-refractivity contribution is 6.42. The van der Waals surface area contributed by atoms with Crippen LogP contribution < -0.4 is 10.6 Å². The normalized spacial score (nSPS) is 12.5.